The first-order chi connectivity index (χ1) is 9.84. The molecule has 102 valence electrons. The molecule has 1 N–H and O–H groups in total. The summed E-state index contributed by atoms with van der Waals surface area (Å²) in [5.74, 6) is 1.08. The number of para-hydroxylation sites is 2. The molecule has 3 heteroatoms. The number of hydrogen-bond acceptors (Lipinski definition) is 2. The minimum atomic E-state index is 0.909. The van der Waals surface area contributed by atoms with E-state index in [1.165, 1.54) is 11.1 Å². The third-order valence-corrected chi connectivity index (χ3v) is 3.53. The Kier molecular flexibility index (Phi) is 3.79. The number of hydrogen-bond donors (Lipinski definition) is 1. The summed E-state index contributed by atoms with van der Waals surface area (Å²) in [4.78, 5) is 4.59. The molecular weight excluding hydrogens is 246 g/mol. The van der Waals surface area contributed by atoms with Crippen LogP contribution in [-0.2, 0) is 13.1 Å². The number of aromatic nitrogens is 2. The van der Waals surface area contributed by atoms with Gasteiger partial charge in [-0.15, -0.1) is 0 Å². The van der Waals surface area contributed by atoms with Gasteiger partial charge in [0.25, 0.3) is 0 Å². The number of nitrogens with one attached hydrogen (secondary N) is 1. The van der Waals surface area contributed by atoms with E-state index in [0.717, 1.165) is 31.0 Å². The van der Waals surface area contributed by atoms with Crippen LogP contribution in [0, 0.1) is 6.92 Å². The average molecular weight is 265 g/mol. The molecule has 2 aromatic carbocycles. The van der Waals surface area contributed by atoms with Gasteiger partial charge in [0.1, 0.15) is 5.82 Å². The van der Waals surface area contributed by atoms with Crippen LogP contribution in [0.2, 0.25) is 0 Å². The van der Waals surface area contributed by atoms with Crippen molar-refractivity contribution in [1.82, 2.24) is 14.9 Å². The lowest BCUT2D eigenvalue weighted by molar-refractivity contribution is 0.597. The van der Waals surface area contributed by atoms with Crippen LogP contribution in [0.25, 0.3) is 11.0 Å². The van der Waals surface area contributed by atoms with Gasteiger partial charge in [-0.3, -0.25) is 0 Å². The van der Waals surface area contributed by atoms with Crippen LogP contribution in [0.15, 0.2) is 54.6 Å². The second-order valence-electron chi connectivity index (χ2n) is 4.96. The van der Waals surface area contributed by atoms with Gasteiger partial charge in [0.05, 0.1) is 11.0 Å². The van der Waals surface area contributed by atoms with Crippen molar-refractivity contribution in [2.75, 3.05) is 6.54 Å². The fraction of sp³-hybridized carbons (Fsp3) is 0.235. The van der Waals surface area contributed by atoms with Gasteiger partial charge in [-0.1, -0.05) is 42.5 Å². The highest BCUT2D eigenvalue weighted by Crippen LogP contribution is 2.14. The van der Waals surface area contributed by atoms with Gasteiger partial charge in [-0.05, 0) is 24.6 Å². The molecule has 0 amide bonds. The van der Waals surface area contributed by atoms with E-state index in [1.54, 1.807) is 0 Å². The molecule has 0 fully saturated rings. The summed E-state index contributed by atoms with van der Waals surface area (Å²) in [6.45, 7) is 4.86. The van der Waals surface area contributed by atoms with Crippen molar-refractivity contribution < 1.29 is 0 Å². The minimum absolute atomic E-state index is 0.909. The van der Waals surface area contributed by atoms with Gasteiger partial charge in [0.15, 0.2) is 0 Å². The van der Waals surface area contributed by atoms with E-state index in [9.17, 15) is 0 Å². The lowest BCUT2D eigenvalue weighted by Gasteiger charge is -2.08. The van der Waals surface area contributed by atoms with Crippen molar-refractivity contribution in [2.45, 2.75) is 20.0 Å². The predicted octanol–water partition coefficient (Wildman–Crippen LogP) is 3.13. The molecule has 1 heterocycles. The van der Waals surface area contributed by atoms with Crippen molar-refractivity contribution in [3.05, 3.63) is 66.0 Å². The molecule has 3 rings (SSSR count). The monoisotopic (exact) mass is 265 g/mol. The van der Waals surface area contributed by atoms with Crippen LogP contribution in [-0.4, -0.2) is 16.1 Å². The first kappa shape index (κ1) is 12.9. The molecule has 20 heavy (non-hydrogen) atoms. The molecule has 0 unspecified atom stereocenters. The zero-order valence-electron chi connectivity index (χ0n) is 11.7. The summed E-state index contributed by atoms with van der Waals surface area (Å²) in [6, 6.07) is 18.8. The van der Waals surface area contributed by atoms with Gasteiger partial charge in [0.2, 0.25) is 0 Å². The highest BCUT2D eigenvalue weighted by molar-refractivity contribution is 5.75. The van der Waals surface area contributed by atoms with Crippen LogP contribution in [0.5, 0.6) is 0 Å². The zero-order valence-corrected chi connectivity index (χ0v) is 11.7. The van der Waals surface area contributed by atoms with E-state index in [1.807, 2.05) is 12.1 Å². The number of fused-ring (bicyclic) bond motifs is 1. The second-order valence-corrected chi connectivity index (χ2v) is 4.96. The van der Waals surface area contributed by atoms with Gasteiger partial charge < -0.3 is 9.88 Å². The molecule has 3 aromatic rings. The Balaban J connectivity index is 1.61. The average Bonchev–Trinajstić information content (AvgIpc) is 2.80. The molecule has 0 aliphatic heterocycles. The van der Waals surface area contributed by atoms with Crippen molar-refractivity contribution >= 4 is 11.0 Å². The summed E-state index contributed by atoms with van der Waals surface area (Å²) < 4.78 is 2.27. The topological polar surface area (TPSA) is 29.9 Å². The predicted molar refractivity (Wildman–Crippen MR) is 82.6 cm³/mol. The lowest BCUT2D eigenvalue weighted by Crippen LogP contribution is -2.20. The molecule has 0 atom stereocenters. The molecule has 0 aliphatic rings. The number of benzene rings is 2. The Bertz CT molecular complexity index is 686. The fourth-order valence-corrected chi connectivity index (χ4v) is 2.50. The Morgan fingerprint density at radius 2 is 1.75 bits per heavy atom. The van der Waals surface area contributed by atoms with E-state index in [4.69, 9.17) is 0 Å². The molecule has 0 saturated heterocycles. The maximum absolute atomic E-state index is 4.59. The largest absolute Gasteiger partial charge is 0.327 e. The van der Waals surface area contributed by atoms with E-state index < -0.39 is 0 Å². The number of nitrogens with zero attached hydrogens (tertiary/aromatic N) is 2. The molecule has 3 nitrogen and oxygen atoms in total. The number of imidazole rings is 1. The fourth-order valence-electron chi connectivity index (χ4n) is 2.50. The van der Waals surface area contributed by atoms with Crippen molar-refractivity contribution in [2.24, 2.45) is 0 Å². The Hall–Kier alpha value is -2.13. The first-order valence-corrected chi connectivity index (χ1v) is 7.01. The van der Waals surface area contributed by atoms with E-state index in [-0.39, 0.29) is 0 Å². The third-order valence-electron chi connectivity index (χ3n) is 3.53. The van der Waals surface area contributed by atoms with E-state index in [2.05, 4.69) is 64.3 Å². The maximum Gasteiger partial charge on any atom is 0.106 e. The molecule has 0 saturated carbocycles. The highest BCUT2D eigenvalue weighted by Gasteiger charge is 2.05. The lowest BCUT2D eigenvalue weighted by atomic mass is 10.2. The Morgan fingerprint density at radius 3 is 2.60 bits per heavy atom. The van der Waals surface area contributed by atoms with Gasteiger partial charge in [-0.2, -0.15) is 0 Å². The van der Waals surface area contributed by atoms with Crippen LogP contribution in [0.3, 0.4) is 0 Å². The van der Waals surface area contributed by atoms with E-state index in [0.29, 0.717) is 0 Å². The van der Waals surface area contributed by atoms with Crippen LogP contribution in [0.4, 0.5) is 0 Å². The quantitative estimate of drug-likeness (QED) is 0.718. The summed E-state index contributed by atoms with van der Waals surface area (Å²) in [5.41, 5.74) is 3.61. The molecule has 0 radical (unpaired) electrons. The number of rotatable bonds is 5. The standard InChI is InChI=1S/C17H19N3/c1-14-19-16-9-5-6-10-17(16)20(14)12-11-18-13-15-7-3-2-4-8-15/h2-10,18H,11-13H2,1H3. The first-order valence-electron chi connectivity index (χ1n) is 7.01. The Labute approximate surface area is 119 Å². The molecule has 1 aromatic heterocycles. The maximum atomic E-state index is 4.59. The third kappa shape index (κ3) is 2.73. The molecule has 0 spiro atoms. The van der Waals surface area contributed by atoms with Gasteiger partial charge in [0, 0.05) is 19.6 Å². The SMILES string of the molecule is Cc1nc2ccccc2n1CCNCc1ccccc1. The summed E-state index contributed by atoms with van der Waals surface area (Å²) >= 11 is 0. The summed E-state index contributed by atoms with van der Waals surface area (Å²) in [6.07, 6.45) is 0. The minimum Gasteiger partial charge on any atom is -0.327 e. The van der Waals surface area contributed by atoms with Crippen LogP contribution in [0.1, 0.15) is 11.4 Å². The zero-order chi connectivity index (χ0) is 13.8. The van der Waals surface area contributed by atoms with Crippen molar-refractivity contribution in [3.8, 4) is 0 Å². The number of aryl methyl sites for hydroxylation is 1. The molecule has 0 aliphatic carbocycles. The van der Waals surface area contributed by atoms with Crippen LogP contribution >= 0.6 is 0 Å². The smallest absolute Gasteiger partial charge is 0.106 e. The normalized spacial score (nSPS) is 11.1. The van der Waals surface area contributed by atoms with Crippen LogP contribution < -0.4 is 5.32 Å². The molecule has 0 bridgehead atoms. The van der Waals surface area contributed by atoms with Crippen molar-refractivity contribution in [3.63, 3.8) is 0 Å². The van der Waals surface area contributed by atoms with E-state index >= 15 is 0 Å². The van der Waals surface area contributed by atoms with Gasteiger partial charge >= 0.3 is 0 Å². The highest BCUT2D eigenvalue weighted by atomic mass is 15.1. The van der Waals surface area contributed by atoms with Crippen molar-refractivity contribution in [1.29, 1.82) is 0 Å². The Morgan fingerprint density at radius 1 is 1.00 bits per heavy atom. The summed E-state index contributed by atoms with van der Waals surface area (Å²) in [5, 5.41) is 3.48. The second kappa shape index (κ2) is 5.88. The summed E-state index contributed by atoms with van der Waals surface area (Å²) in [7, 11) is 0. The molecular formula is C17H19N3. The van der Waals surface area contributed by atoms with Gasteiger partial charge in [-0.25, -0.2) is 4.98 Å².